The highest BCUT2D eigenvalue weighted by molar-refractivity contribution is 5.34. The van der Waals surface area contributed by atoms with Gasteiger partial charge in [-0.05, 0) is 25.7 Å². The standard InChI is InChI=1S/C16H24N6/c17-8-12-9-19-16(20-10-12)22-7-3-4-13(11-22)21-15-6-2-1-5-14(15)18/h9-10,13-15,21H,1-7,11,18H2/t13?,14-,15-/m1/s1. The molecule has 1 unspecified atom stereocenters. The lowest BCUT2D eigenvalue weighted by Gasteiger charge is -2.38. The van der Waals surface area contributed by atoms with Crippen LogP contribution in [-0.4, -0.2) is 41.2 Å². The normalized spacial score (nSPS) is 29.1. The Bertz CT molecular complexity index is 522. The van der Waals surface area contributed by atoms with E-state index in [1.807, 2.05) is 0 Å². The number of rotatable bonds is 3. The van der Waals surface area contributed by atoms with Crippen LogP contribution in [0.5, 0.6) is 0 Å². The van der Waals surface area contributed by atoms with Crippen molar-refractivity contribution in [1.29, 1.82) is 5.26 Å². The Morgan fingerprint density at radius 1 is 1.18 bits per heavy atom. The molecule has 6 nitrogen and oxygen atoms in total. The van der Waals surface area contributed by atoms with Crippen LogP contribution < -0.4 is 16.0 Å². The summed E-state index contributed by atoms with van der Waals surface area (Å²) in [6.45, 7) is 1.88. The van der Waals surface area contributed by atoms with E-state index in [0.29, 0.717) is 17.6 Å². The van der Waals surface area contributed by atoms with Crippen molar-refractivity contribution in [2.75, 3.05) is 18.0 Å². The topological polar surface area (TPSA) is 90.9 Å². The Morgan fingerprint density at radius 3 is 2.68 bits per heavy atom. The molecule has 0 radical (unpaired) electrons. The van der Waals surface area contributed by atoms with E-state index in [0.717, 1.165) is 31.9 Å². The number of hydrogen-bond acceptors (Lipinski definition) is 6. The predicted octanol–water partition coefficient (Wildman–Crippen LogP) is 1.18. The second kappa shape index (κ2) is 7.03. The molecule has 0 bridgehead atoms. The van der Waals surface area contributed by atoms with Crippen molar-refractivity contribution in [2.45, 2.75) is 56.7 Å². The smallest absolute Gasteiger partial charge is 0.225 e. The lowest BCUT2D eigenvalue weighted by Crippen LogP contribution is -2.55. The van der Waals surface area contributed by atoms with E-state index in [-0.39, 0.29) is 6.04 Å². The van der Waals surface area contributed by atoms with Crippen LogP contribution >= 0.6 is 0 Å². The summed E-state index contributed by atoms with van der Waals surface area (Å²) in [5.41, 5.74) is 6.75. The second-order valence-electron chi connectivity index (χ2n) is 6.39. The van der Waals surface area contributed by atoms with Gasteiger partial charge in [0.15, 0.2) is 0 Å². The van der Waals surface area contributed by atoms with E-state index in [1.54, 1.807) is 12.4 Å². The average Bonchev–Trinajstić information content (AvgIpc) is 2.57. The van der Waals surface area contributed by atoms with E-state index in [2.05, 4.69) is 26.3 Å². The van der Waals surface area contributed by atoms with Gasteiger partial charge in [0.1, 0.15) is 6.07 Å². The molecule has 1 saturated carbocycles. The number of piperidine rings is 1. The Hall–Kier alpha value is -1.71. The minimum absolute atomic E-state index is 0.287. The maximum Gasteiger partial charge on any atom is 0.225 e. The van der Waals surface area contributed by atoms with Crippen LogP contribution in [0.2, 0.25) is 0 Å². The van der Waals surface area contributed by atoms with Crippen molar-refractivity contribution in [3.05, 3.63) is 18.0 Å². The molecule has 3 rings (SSSR count). The quantitative estimate of drug-likeness (QED) is 0.871. The third-order valence-electron chi connectivity index (χ3n) is 4.74. The van der Waals surface area contributed by atoms with Crippen LogP contribution in [0.3, 0.4) is 0 Å². The molecule has 6 heteroatoms. The monoisotopic (exact) mass is 300 g/mol. The number of nitrogens with zero attached hydrogens (tertiary/aromatic N) is 4. The predicted molar refractivity (Wildman–Crippen MR) is 85.3 cm³/mol. The van der Waals surface area contributed by atoms with Gasteiger partial charge in [-0.25, -0.2) is 9.97 Å². The molecular weight excluding hydrogens is 276 g/mol. The van der Waals surface area contributed by atoms with Crippen molar-refractivity contribution < 1.29 is 0 Å². The first kappa shape index (κ1) is 15.2. The highest BCUT2D eigenvalue weighted by atomic mass is 15.3. The van der Waals surface area contributed by atoms with Crippen molar-refractivity contribution in [3.8, 4) is 6.07 Å². The van der Waals surface area contributed by atoms with Gasteiger partial charge >= 0.3 is 0 Å². The number of nitriles is 1. The lowest BCUT2D eigenvalue weighted by atomic mass is 9.90. The molecular formula is C16H24N6. The molecule has 1 saturated heterocycles. The molecule has 2 aliphatic rings. The van der Waals surface area contributed by atoms with Crippen molar-refractivity contribution >= 4 is 5.95 Å². The van der Waals surface area contributed by atoms with E-state index in [9.17, 15) is 0 Å². The zero-order valence-electron chi connectivity index (χ0n) is 12.9. The minimum atomic E-state index is 0.287. The largest absolute Gasteiger partial charge is 0.339 e. The lowest BCUT2D eigenvalue weighted by molar-refractivity contribution is 0.282. The number of anilines is 1. The van der Waals surface area contributed by atoms with Crippen molar-refractivity contribution in [3.63, 3.8) is 0 Å². The molecule has 3 atom stereocenters. The van der Waals surface area contributed by atoms with Gasteiger partial charge in [0.2, 0.25) is 5.95 Å². The van der Waals surface area contributed by atoms with Gasteiger partial charge in [-0.2, -0.15) is 5.26 Å². The summed E-state index contributed by atoms with van der Waals surface area (Å²) in [5, 5.41) is 12.6. The molecule has 0 aromatic carbocycles. The molecule has 0 amide bonds. The Balaban J connectivity index is 1.60. The average molecular weight is 300 g/mol. The Kier molecular flexibility index (Phi) is 4.86. The fourth-order valence-corrected chi connectivity index (χ4v) is 3.51. The molecule has 3 N–H and O–H groups in total. The summed E-state index contributed by atoms with van der Waals surface area (Å²) < 4.78 is 0. The molecule has 2 fully saturated rings. The third-order valence-corrected chi connectivity index (χ3v) is 4.74. The first-order valence-corrected chi connectivity index (χ1v) is 8.25. The van der Waals surface area contributed by atoms with Crippen LogP contribution in [-0.2, 0) is 0 Å². The first-order chi connectivity index (χ1) is 10.8. The highest BCUT2D eigenvalue weighted by Crippen LogP contribution is 2.21. The first-order valence-electron chi connectivity index (χ1n) is 8.25. The third kappa shape index (κ3) is 3.54. The van der Waals surface area contributed by atoms with Gasteiger partial charge in [0.05, 0.1) is 18.0 Å². The molecule has 118 valence electrons. The molecule has 2 heterocycles. The van der Waals surface area contributed by atoms with E-state index < -0.39 is 0 Å². The van der Waals surface area contributed by atoms with E-state index in [4.69, 9.17) is 11.0 Å². The summed E-state index contributed by atoms with van der Waals surface area (Å²) in [5.74, 6) is 0.721. The van der Waals surface area contributed by atoms with Crippen LogP contribution in [0.4, 0.5) is 5.95 Å². The molecule has 0 spiro atoms. The van der Waals surface area contributed by atoms with Crippen LogP contribution in [0.1, 0.15) is 44.1 Å². The molecule has 1 aliphatic carbocycles. The fourth-order valence-electron chi connectivity index (χ4n) is 3.51. The minimum Gasteiger partial charge on any atom is -0.339 e. The summed E-state index contributed by atoms with van der Waals surface area (Å²) in [7, 11) is 0. The van der Waals surface area contributed by atoms with Gasteiger partial charge in [0, 0.05) is 31.2 Å². The summed E-state index contributed by atoms with van der Waals surface area (Å²) >= 11 is 0. The van der Waals surface area contributed by atoms with Crippen LogP contribution in [0.25, 0.3) is 0 Å². The number of aromatic nitrogens is 2. The zero-order valence-corrected chi connectivity index (χ0v) is 12.9. The van der Waals surface area contributed by atoms with Gasteiger partial charge in [-0.3, -0.25) is 0 Å². The Morgan fingerprint density at radius 2 is 1.95 bits per heavy atom. The van der Waals surface area contributed by atoms with Gasteiger partial charge in [0.25, 0.3) is 0 Å². The number of nitrogens with two attached hydrogens (primary N) is 1. The summed E-state index contributed by atoms with van der Waals surface area (Å²) in [6, 6.07) is 3.23. The second-order valence-corrected chi connectivity index (χ2v) is 6.39. The molecule has 22 heavy (non-hydrogen) atoms. The number of hydrogen-bond donors (Lipinski definition) is 2. The van der Waals surface area contributed by atoms with Gasteiger partial charge in [-0.1, -0.05) is 12.8 Å². The highest BCUT2D eigenvalue weighted by Gasteiger charge is 2.27. The van der Waals surface area contributed by atoms with Gasteiger partial charge < -0.3 is 16.0 Å². The summed E-state index contributed by atoms with van der Waals surface area (Å²) in [4.78, 5) is 10.8. The summed E-state index contributed by atoms with van der Waals surface area (Å²) in [6.07, 6.45) is 10.3. The Labute approximate surface area is 131 Å². The molecule has 1 aliphatic heterocycles. The van der Waals surface area contributed by atoms with E-state index in [1.165, 1.54) is 25.7 Å². The number of nitrogens with one attached hydrogen (secondary N) is 1. The van der Waals surface area contributed by atoms with Crippen LogP contribution in [0, 0.1) is 11.3 Å². The van der Waals surface area contributed by atoms with E-state index >= 15 is 0 Å². The maximum atomic E-state index is 8.82. The molecule has 1 aromatic heterocycles. The van der Waals surface area contributed by atoms with Crippen molar-refractivity contribution in [1.82, 2.24) is 15.3 Å². The SMILES string of the molecule is N#Cc1cnc(N2CCCC(N[C@@H]3CCCC[C@H]3N)C2)nc1. The molecule has 1 aromatic rings. The maximum absolute atomic E-state index is 8.82. The van der Waals surface area contributed by atoms with Crippen LogP contribution in [0.15, 0.2) is 12.4 Å². The fraction of sp³-hybridized carbons (Fsp3) is 0.688. The van der Waals surface area contributed by atoms with Crippen molar-refractivity contribution in [2.24, 2.45) is 5.73 Å². The van der Waals surface area contributed by atoms with Gasteiger partial charge in [-0.15, -0.1) is 0 Å². The zero-order chi connectivity index (χ0) is 15.4.